The van der Waals surface area contributed by atoms with Crippen LogP contribution in [-0.2, 0) is 9.59 Å². The van der Waals surface area contributed by atoms with Crippen molar-refractivity contribution in [2.24, 2.45) is 0 Å². The summed E-state index contributed by atoms with van der Waals surface area (Å²) in [6.45, 7) is 3.72. The van der Waals surface area contributed by atoms with Crippen molar-refractivity contribution in [3.63, 3.8) is 0 Å². The highest BCUT2D eigenvalue weighted by molar-refractivity contribution is 8.00. The number of carbonyl (C=O) groups is 3. The third-order valence-corrected chi connectivity index (χ3v) is 7.78. The first kappa shape index (κ1) is 29.9. The molecule has 1 atom stereocenters. The maximum atomic E-state index is 13.4. The van der Waals surface area contributed by atoms with Crippen LogP contribution in [0.4, 0.5) is 11.4 Å². The first-order valence-corrected chi connectivity index (χ1v) is 14.3. The molecule has 0 saturated carbocycles. The van der Waals surface area contributed by atoms with E-state index in [2.05, 4.69) is 16.0 Å². The Hall–Kier alpha value is -4.04. The van der Waals surface area contributed by atoms with Gasteiger partial charge in [0.25, 0.3) is 11.8 Å². The fraction of sp³-hybridized carbons (Fsp3) is 0.0938. The van der Waals surface area contributed by atoms with E-state index in [-0.39, 0.29) is 16.6 Å². The van der Waals surface area contributed by atoms with E-state index in [1.165, 1.54) is 11.8 Å². The standard InChI is InChI=1S/C32H27Cl2N3O3S/c1-20-9-6-10-22(17-20)18-28(37-31(39)23-11-4-3-5-12-23)32(40)35-24-13-7-14-25(19-24)41-21(2)30(38)36-27-16-8-15-26(33)29(27)34/h3-19,21H,1-2H3,(H,35,40)(H,36,38)(H,37,39)/b28-18+. The van der Waals surface area contributed by atoms with Crippen LogP contribution < -0.4 is 16.0 Å². The number of anilines is 2. The van der Waals surface area contributed by atoms with Crippen LogP contribution in [0.5, 0.6) is 0 Å². The fourth-order valence-corrected chi connectivity index (χ4v) is 5.08. The van der Waals surface area contributed by atoms with E-state index >= 15 is 0 Å². The highest BCUT2D eigenvalue weighted by Gasteiger charge is 2.18. The molecule has 41 heavy (non-hydrogen) atoms. The Bertz CT molecular complexity index is 1610. The summed E-state index contributed by atoms with van der Waals surface area (Å²) in [5.74, 6) is -1.14. The molecule has 4 aromatic carbocycles. The number of thioether (sulfide) groups is 1. The second kappa shape index (κ2) is 14.0. The summed E-state index contributed by atoms with van der Waals surface area (Å²) in [5, 5.41) is 8.56. The zero-order chi connectivity index (χ0) is 29.4. The van der Waals surface area contributed by atoms with Crippen LogP contribution in [0.2, 0.25) is 10.0 Å². The van der Waals surface area contributed by atoms with Crippen LogP contribution in [0.1, 0.15) is 28.4 Å². The highest BCUT2D eigenvalue weighted by Crippen LogP contribution is 2.31. The van der Waals surface area contributed by atoms with Crippen LogP contribution in [0.25, 0.3) is 6.08 Å². The highest BCUT2D eigenvalue weighted by atomic mass is 35.5. The van der Waals surface area contributed by atoms with Gasteiger partial charge in [0.1, 0.15) is 5.70 Å². The monoisotopic (exact) mass is 603 g/mol. The molecule has 0 heterocycles. The Morgan fingerprint density at radius 2 is 1.56 bits per heavy atom. The quantitative estimate of drug-likeness (QED) is 0.134. The number of hydrogen-bond donors (Lipinski definition) is 3. The van der Waals surface area contributed by atoms with Gasteiger partial charge in [-0.15, -0.1) is 11.8 Å². The molecule has 0 spiro atoms. The molecule has 4 aromatic rings. The van der Waals surface area contributed by atoms with Gasteiger partial charge in [-0.1, -0.05) is 83.4 Å². The molecule has 1 unspecified atom stereocenters. The van der Waals surface area contributed by atoms with Gasteiger partial charge in [-0.3, -0.25) is 14.4 Å². The van der Waals surface area contributed by atoms with Crippen molar-refractivity contribution in [2.75, 3.05) is 10.6 Å². The van der Waals surface area contributed by atoms with E-state index in [1.807, 2.05) is 43.3 Å². The van der Waals surface area contributed by atoms with Gasteiger partial charge in [-0.2, -0.15) is 0 Å². The first-order chi connectivity index (χ1) is 19.7. The lowest BCUT2D eigenvalue weighted by atomic mass is 10.1. The average Bonchev–Trinajstić information content (AvgIpc) is 2.95. The third kappa shape index (κ3) is 8.47. The summed E-state index contributed by atoms with van der Waals surface area (Å²) in [7, 11) is 0. The largest absolute Gasteiger partial charge is 0.324 e. The molecule has 0 radical (unpaired) electrons. The molecule has 3 amide bonds. The number of benzene rings is 4. The Labute approximate surface area is 253 Å². The summed E-state index contributed by atoms with van der Waals surface area (Å²) >= 11 is 13.6. The topological polar surface area (TPSA) is 87.3 Å². The lowest BCUT2D eigenvalue weighted by Crippen LogP contribution is -2.30. The van der Waals surface area contributed by atoms with E-state index in [9.17, 15) is 14.4 Å². The van der Waals surface area contributed by atoms with E-state index in [4.69, 9.17) is 23.2 Å². The molecule has 0 bridgehead atoms. The number of carbonyl (C=O) groups excluding carboxylic acids is 3. The van der Waals surface area contributed by atoms with Crippen LogP contribution in [0.3, 0.4) is 0 Å². The lowest BCUT2D eigenvalue weighted by molar-refractivity contribution is -0.115. The molecule has 0 aliphatic rings. The predicted octanol–water partition coefficient (Wildman–Crippen LogP) is 7.83. The molecule has 9 heteroatoms. The van der Waals surface area contributed by atoms with Gasteiger partial charge >= 0.3 is 0 Å². The molecular formula is C32H27Cl2N3O3S. The summed E-state index contributed by atoms with van der Waals surface area (Å²) in [4.78, 5) is 39.8. The minimum atomic E-state index is -0.487. The zero-order valence-corrected chi connectivity index (χ0v) is 24.6. The van der Waals surface area contributed by atoms with Crippen LogP contribution in [-0.4, -0.2) is 23.0 Å². The van der Waals surface area contributed by atoms with Crippen LogP contribution in [0, 0.1) is 6.92 Å². The Morgan fingerprint density at radius 1 is 0.829 bits per heavy atom. The van der Waals surface area contributed by atoms with Crippen molar-refractivity contribution >= 4 is 70.1 Å². The summed E-state index contributed by atoms with van der Waals surface area (Å²) < 4.78 is 0. The van der Waals surface area contributed by atoms with Gasteiger partial charge < -0.3 is 16.0 Å². The number of hydrogen-bond acceptors (Lipinski definition) is 4. The molecule has 6 nitrogen and oxygen atoms in total. The number of halogens is 2. The van der Waals surface area contributed by atoms with E-state index in [0.717, 1.165) is 16.0 Å². The number of amides is 3. The maximum absolute atomic E-state index is 13.4. The van der Waals surface area contributed by atoms with Crippen molar-refractivity contribution in [1.82, 2.24) is 5.32 Å². The van der Waals surface area contributed by atoms with Gasteiger partial charge in [0.2, 0.25) is 5.91 Å². The molecule has 0 fully saturated rings. The Kier molecular flexibility index (Phi) is 10.2. The molecule has 0 saturated heterocycles. The third-order valence-electron chi connectivity index (χ3n) is 5.87. The fourth-order valence-electron chi connectivity index (χ4n) is 3.81. The Balaban J connectivity index is 1.48. The van der Waals surface area contributed by atoms with Crippen molar-refractivity contribution in [2.45, 2.75) is 24.0 Å². The van der Waals surface area contributed by atoms with E-state index in [1.54, 1.807) is 73.7 Å². The van der Waals surface area contributed by atoms with Crippen molar-refractivity contribution in [1.29, 1.82) is 0 Å². The van der Waals surface area contributed by atoms with Gasteiger partial charge in [0.15, 0.2) is 0 Å². The lowest BCUT2D eigenvalue weighted by Gasteiger charge is -2.15. The number of rotatable bonds is 9. The molecular weight excluding hydrogens is 577 g/mol. The SMILES string of the molecule is Cc1cccc(/C=C(/NC(=O)c2ccccc2)C(=O)Nc2cccc(SC(C)C(=O)Nc3cccc(Cl)c3Cl)c2)c1. The van der Waals surface area contributed by atoms with E-state index in [0.29, 0.717) is 22.0 Å². The van der Waals surface area contributed by atoms with Crippen molar-refractivity contribution in [3.8, 4) is 0 Å². The first-order valence-electron chi connectivity index (χ1n) is 12.7. The Morgan fingerprint density at radius 3 is 2.32 bits per heavy atom. The second-order valence-electron chi connectivity index (χ2n) is 9.12. The molecule has 0 aromatic heterocycles. The number of nitrogens with one attached hydrogen (secondary N) is 3. The summed E-state index contributed by atoms with van der Waals surface area (Å²) in [6, 6.07) is 28.4. The van der Waals surface area contributed by atoms with Crippen molar-refractivity contribution < 1.29 is 14.4 Å². The molecule has 4 rings (SSSR count). The van der Waals surface area contributed by atoms with Crippen molar-refractivity contribution in [3.05, 3.63) is 129 Å². The zero-order valence-electron chi connectivity index (χ0n) is 22.3. The van der Waals surface area contributed by atoms with Crippen LogP contribution >= 0.6 is 35.0 Å². The van der Waals surface area contributed by atoms with Gasteiger partial charge in [0.05, 0.1) is 21.0 Å². The summed E-state index contributed by atoms with van der Waals surface area (Å²) in [5.41, 5.74) is 3.26. The second-order valence-corrected chi connectivity index (χ2v) is 11.3. The van der Waals surface area contributed by atoms with E-state index < -0.39 is 17.1 Å². The molecule has 0 aliphatic carbocycles. The smallest absolute Gasteiger partial charge is 0.272 e. The predicted molar refractivity (Wildman–Crippen MR) is 169 cm³/mol. The summed E-state index contributed by atoms with van der Waals surface area (Å²) in [6.07, 6.45) is 1.63. The van der Waals surface area contributed by atoms with Crippen LogP contribution in [0.15, 0.2) is 108 Å². The average molecular weight is 605 g/mol. The minimum absolute atomic E-state index is 0.0913. The van der Waals surface area contributed by atoms with Gasteiger partial charge in [-0.25, -0.2) is 0 Å². The maximum Gasteiger partial charge on any atom is 0.272 e. The number of aryl methyl sites for hydroxylation is 1. The normalized spacial score (nSPS) is 11.9. The minimum Gasteiger partial charge on any atom is -0.324 e. The molecule has 0 aliphatic heterocycles. The molecule has 208 valence electrons. The van der Waals surface area contributed by atoms with Gasteiger partial charge in [0, 0.05) is 16.1 Å². The van der Waals surface area contributed by atoms with Gasteiger partial charge in [-0.05, 0) is 68.0 Å². The molecule has 3 N–H and O–H groups in total.